The fraction of sp³-hybridized carbons (Fsp3) is 0.385. The van der Waals surface area contributed by atoms with Gasteiger partial charge in [0.25, 0.3) is 11.8 Å². The molecule has 0 aliphatic heterocycles. The molecular formula is C26H26FN3O6. The van der Waals surface area contributed by atoms with E-state index in [1.165, 1.54) is 12.1 Å². The van der Waals surface area contributed by atoms with Gasteiger partial charge in [-0.1, -0.05) is 11.2 Å². The minimum atomic E-state index is -0.905. The Labute approximate surface area is 206 Å². The van der Waals surface area contributed by atoms with E-state index in [-0.39, 0.29) is 41.8 Å². The van der Waals surface area contributed by atoms with E-state index in [9.17, 15) is 24.2 Å². The molecule has 0 bridgehead atoms. The molecule has 1 heterocycles. The summed E-state index contributed by atoms with van der Waals surface area (Å²) < 4.78 is 25.8. The molecule has 3 N–H and O–H groups in total. The average molecular weight is 496 g/mol. The topological polar surface area (TPSA) is 135 Å². The lowest BCUT2D eigenvalue weighted by atomic mass is 10.1. The molecule has 2 aliphatic rings. The van der Waals surface area contributed by atoms with Crippen LogP contribution < -0.4 is 10.1 Å². The maximum atomic E-state index is 14.7. The van der Waals surface area contributed by atoms with Crippen molar-refractivity contribution in [3.05, 3.63) is 65.3 Å². The third-order valence-electron chi connectivity index (χ3n) is 6.49. The predicted octanol–water partition coefficient (Wildman–Crippen LogP) is 3.22. The van der Waals surface area contributed by atoms with E-state index in [1.54, 1.807) is 31.2 Å². The summed E-state index contributed by atoms with van der Waals surface area (Å²) in [6, 6.07) is 10.4. The minimum absolute atomic E-state index is 0.138. The molecule has 4 atom stereocenters. The van der Waals surface area contributed by atoms with Crippen molar-refractivity contribution in [1.82, 2.24) is 15.5 Å². The Morgan fingerprint density at radius 3 is 2.44 bits per heavy atom. The first-order valence-corrected chi connectivity index (χ1v) is 11.9. The Morgan fingerprint density at radius 1 is 1.11 bits per heavy atom. The first-order chi connectivity index (χ1) is 17.3. The minimum Gasteiger partial charge on any atom is -0.481 e. The number of ketones is 1. The van der Waals surface area contributed by atoms with E-state index in [1.807, 2.05) is 0 Å². The van der Waals surface area contributed by atoms with Crippen molar-refractivity contribution in [2.24, 2.45) is 5.92 Å². The van der Waals surface area contributed by atoms with E-state index in [0.717, 1.165) is 18.9 Å². The van der Waals surface area contributed by atoms with Gasteiger partial charge in [-0.15, -0.1) is 0 Å². The number of carbonyl (C=O) groups excluding carboxylic acids is 2. The molecule has 1 amide bonds. The van der Waals surface area contributed by atoms with E-state index < -0.39 is 36.1 Å². The monoisotopic (exact) mass is 495 g/mol. The van der Waals surface area contributed by atoms with E-state index in [0.29, 0.717) is 16.9 Å². The van der Waals surface area contributed by atoms with Crippen LogP contribution in [0.5, 0.6) is 5.75 Å². The summed E-state index contributed by atoms with van der Waals surface area (Å²) >= 11 is 0. The van der Waals surface area contributed by atoms with E-state index in [4.69, 9.17) is 9.26 Å². The molecule has 2 saturated carbocycles. The van der Waals surface area contributed by atoms with Gasteiger partial charge in [-0.25, -0.2) is 4.39 Å². The normalized spacial score (nSPS) is 22.3. The van der Waals surface area contributed by atoms with Crippen molar-refractivity contribution in [1.29, 1.82) is 0 Å². The number of amides is 1. The molecule has 5 rings (SSSR count). The Hall–Kier alpha value is -3.63. The predicted molar refractivity (Wildman–Crippen MR) is 125 cm³/mol. The summed E-state index contributed by atoms with van der Waals surface area (Å²) in [6.45, 7) is 1.73. The van der Waals surface area contributed by atoms with E-state index in [2.05, 4.69) is 15.5 Å². The SMILES string of the molecule is C[C@@H](Oc1ccc(C(=O)C2CC2)cc1)c1nc(-c2ccc(C(=O)N[C@@H]3C[C@@H](O)[C@@H](O)C3)c(F)c2)no1. The van der Waals surface area contributed by atoms with Crippen molar-refractivity contribution in [3.63, 3.8) is 0 Å². The second-order valence-electron chi connectivity index (χ2n) is 9.35. The number of halogens is 1. The smallest absolute Gasteiger partial charge is 0.267 e. The van der Waals surface area contributed by atoms with Crippen LogP contribution in [-0.4, -0.2) is 50.3 Å². The van der Waals surface area contributed by atoms with Crippen molar-refractivity contribution in [3.8, 4) is 17.1 Å². The highest BCUT2D eigenvalue weighted by Crippen LogP contribution is 2.33. The van der Waals surface area contributed by atoms with Crippen LogP contribution in [0, 0.1) is 11.7 Å². The number of ether oxygens (including phenoxy) is 1. The molecular weight excluding hydrogens is 469 g/mol. The number of Topliss-reactive ketones (excluding diaryl/α,β-unsaturated/α-hetero) is 1. The molecule has 1 aromatic heterocycles. The summed E-state index contributed by atoms with van der Waals surface area (Å²) in [6.07, 6.45) is -0.0891. The van der Waals surface area contributed by atoms with Gasteiger partial charge in [0.1, 0.15) is 11.6 Å². The summed E-state index contributed by atoms with van der Waals surface area (Å²) in [5.74, 6) is -0.230. The van der Waals surface area contributed by atoms with E-state index >= 15 is 0 Å². The molecule has 2 aliphatic carbocycles. The number of nitrogens with one attached hydrogen (secondary N) is 1. The van der Waals surface area contributed by atoms with Crippen molar-refractivity contribution >= 4 is 11.7 Å². The second kappa shape index (κ2) is 9.79. The zero-order valence-electron chi connectivity index (χ0n) is 19.6. The lowest BCUT2D eigenvalue weighted by Gasteiger charge is -2.12. The maximum absolute atomic E-state index is 14.7. The maximum Gasteiger partial charge on any atom is 0.267 e. The first kappa shape index (κ1) is 24.1. The van der Waals surface area contributed by atoms with Crippen LogP contribution in [0.1, 0.15) is 65.3 Å². The number of aromatic nitrogens is 2. The van der Waals surface area contributed by atoms with Crippen molar-refractivity contribution in [2.75, 3.05) is 0 Å². The van der Waals surface area contributed by atoms with Gasteiger partial charge in [0, 0.05) is 23.1 Å². The third-order valence-corrected chi connectivity index (χ3v) is 6.49. The van der Waals surface area contributed by atoms with Crippen LogP contribution in [0.3, 0.4) is 0 Å². The van der Waals surface area contributed by atoms with Crippen LogP contribution in [-0.2, 0) is 0 Å². The molecule has 36 heavy (non-hydrogen) atoms. The zero-order valence-corrected chi connectivity index (χ0v) is 19.6. The molecule has 0 saturated heterocycles. The second-order valence-corrected chi connectivity index (χ2v) is 9.35. The molecule has 188 valence electrons. The highest BCUT2D eigenvalue weighted by atomic mass is 19.1. The lowest BCUT2D eigenvalue weighted by Crippen LogP contribution is -2.34. The van der Waals surface area contributed by atoms with Gasteiger partial charge < -0.3 is 24.8 Å². The van der Waals surface area contributed by atoms with Crippen LogP contribution in [0.2, 0.25) is 0 Å². The van der Waals surface area contributed by atoms with Crippen molar-refractivity contribution < 1.29 is 33.5 Å². The van der Waals surface area contributed by atoms with Gasteiger partial charge in [-0.05, 0) is 69.0 Å². The largest absolute Gasteiger partial charge is 0.481 e. The molecule has 10 heteroatoms. The number of nitrogens with zero attached hydrogens (tertiary/aromatic N) is 2. The molecule has 0 radical (unpaired) electrons. The highest BCUT2D eigenvalue weighted by molar-refractivity contribution is 5.99. The number of hydrogen-bond donors (Lipinski definition) is 3. The molecule has 0 unspecified atom stereocenters. The molecule has 2 fully saturated rings. The fourth-order valence-corrected chi connectivity index (χ4v) is 4.26. The van der Waals surface area contributed by atoms with Gasteiger partial charge in [0.2, 0.25) is 5.82 Å². The van der Waals surface area contributed by atoms with Crippen LogP contribution >= 0.6 is 0 Å². The van der Waals surface area contributed by atoms with Crippen LogP contribution in [0.4, 0.5) is 4.39 Å². The number of aliphatic hydroxyl groups is 2. The number of hydrogen-bond acceptors (Lipinski definition) is 8. The highest BCUT2D eigenvalue weighted by Gasteiger charge is 2.33. The standard InChI is InChI=1S/C26H26FN3O6/c1-13(35-18-7-4-15(5-8-18)23(33)14-2-3-14)26-29-24(30-36-26)16-6-9-19(20(27)10-16)25(34)28-17-11-21(31)22(32)12-17/h4-10,13-14,17,21-22,31-32H,2-3,11-12H2,1H3,(H,28,34)/t13-,17-,21-,22+/m1/s1. The zero-order chi connectivity index (χ0) is 25.4. The van der Waals surface area contributed by atoms with Crippen LogP contribution in [0.15, 0.2) is 47.0 Å². The Balaban J connectivity index is 1.22. The van der Waals surface area contributed by atoms with Gasteiger partial charge >= 0.3 is 0 Å². The number of aliphatic hydroxyl groups excluding tert-OH is 2. The van der Waals surface area contributed by atoms with Crippen LogP contribution in [0.25, 0.3) is 11.4 Å². The summed E-state index contributed by atoms with van der Waals surface area (Å²) in [7, 11) is 0. The Morgan fingerprint density at radius 2 is 1.81 bits per heavy atom. The Bertz CT molecular complexity index is 1260. The van der Waals surface area contributed by atoms with Gasteiger partial charge in [0.05, 0.1) is 17.8 Å². The number of carbonyl (C=O) groups is 2. The van der Waals surface area contributed by atoms with Crippen molar-refractivity contribution in [2.45, 2.75) is 57.0 Å². The van der Waals surface area contributed by atoms with Gasteiger partial charge in [-0.2, -0.15) is 4.98 Å². The summed E-state index contributed by atoms with van der Waals surface area (Å²) in [4.78, 5) is 28.9. The number of rotatable bonds is 8. The molecule has 9 nitrogen and oxygen atoms in total. The summed E-state index contributed by atoms with van der Waals surface area (Å²) in [5, 5.41) is 25.8. The summed E-state index contributed by atoms with van der Waals surface area (Å²) in [5.41, 5.74) is 0.815. The third kappa shape index (κ3) is 5.14. The Kier molecular flexibility index (Phi) is 6.55. The molecule has 0 spiro atoms. The molecule has 3 aromatic rings. The lowest BCUT2D eigenvalue weighted by molar-refractivity contribution is 0.0438. The quantitative estimate of drug-likeness (QED) is 0.406. The average Bonchev–Trinajstić information content (AvgIpc) is 3.50. The number of benzene rings is 2. The van der Waals surface area contributed by atoms with Gasteiger partial charge in [0.15, 0.2) is 11.9 Å². The fourth-order valence-electron chi connectivity index (χ4n) is 4.26. The van der Waals surface area contributed by atoms with Gasteiger partial charge in [-0.3, -0.25) is 9.59 Å². The first-order valence-electron chi connectivity index (χ1n) is 11.9. The molecule has 2 aromatic carbocycles.